The van der Waals surface area contributed by atoms with Gasteiger partial charge < -0.3 is 15.3 Å². The van der Waals surface area contributed by atoms with Crippen LogP contribution < -0.4 is 5.32 Å². The molecule has 0 aromatic carbocycles. The maximum atomic E-state index is 11.9. The Morgan fingerprint density at radius 3 is 2.39 bits per heavy atom. The Bertz CT molecular complexity index is 236. The van der Waals surface area contributed by atoms with E-state index in [-0.39, 0.29) is 12.0 Å². The van der Waals surface area contributed by atoms with Crippen LogP contribution in [0.1, 0.15) is 46.0 Å². The second-order valence-corrected chi connectivity index (χ2v) is 5.71. The standard InChI is InChI=1S/C14H28N2O2/c1-12(2)9-13(17)10-15-11-14(18)16-7-5-3-4-6-8-16/h12-13,15,17H,3-11H2,1-2H3. The SMILES string of the molecule is CC(C)CC(O)CNCC(=O)N1CCCCCC1. The molecule has 1 atom stereocenters. The number of hydrogen-bond donors (Lipinski definition) is 2. The van der Waals surface area contributed by atoms with E-state index >= 15 is 0 Å². The van der Waals surface area contributed by atoms with Crippen LogP contribution in [0.5, 0.6) is 0 Å². The van der Waals surface area contributed by atoms with Crippen LogP contribution in [0.4, 0.5) is 0 Å². The van der Waals surface area contributed by atoms with Crippen LogP contribution >= 0.6 is 0 Å². The molecule has 1 fully saturated rings. The molecule has 0 spiro atoms. The Labute approximate surface area is 111 Å². The van der Waals surface area contributed by atoms with E-state index in [1.807, 2.05) is 4.90 Å². The maximum Gasteiger partial charge on any atom is 0.236 e. The molecule has 1 rings (SSSR count). The quantitative estimate of drug-likeness (QED) is 0.755. The molecule has 1 saturated heterocycles. The molecule has 106 valence electrons. The summed E-state index contributed by atoms with van der Waals surface area (Å²) in [5.41, 5.74) is 0. The summed E-state index contributed by atoms with van der Waals surface area (Å²) in [6, 6.07) is 0. The molecule has 1 unspecified atom stereocenters. The number of nitrogens with one attached hydrogen (secondary N) is 1. The van der Waals surface area contributed by atoms with Gasteiger partial charge in [0.1, 0.15) is 0 Å². The molecule has 0 aliphatic carbocycles. The van der Waals surface area contributed by atoms with Crippen molar-refractivity contribution < 1.29 is 9.90 Å². The van der Waals surface area contributed by atoms with Gasteiger partial charge in [-0.3, -0.25) is 4.79 Å². The van der Waals surface area contributed by atoms with Crippen LogP contribution in [-0.2, 0) is 4.79 Å². The minimum Gasteiger partial charge on any atom is -0.392 e. The fourth-order valence-corrected chi connectivity index (χ4v) is 2.41. The monoisotopic (exact) mass is 256 g/mol. The summed E-state index contributed by atoms with van der Waals surface area (Å²) >= 11 is 0. The van der Waals surface area contributed by atoms with Gasteiger partial charge in [0.2, 0.25) is 5.91 Å². The van der Waals surface area contributed by atoms with E-state index < -0.39 is 0 Å². The fraction of sp³-hybridized carbons (Fsp3) is 0.929. The molecule has 4 heteroatoms. The summed E-state index contributed by atoms with van der Waals surface area (Å²) in [6.45, 7) is 6.84. The highest BCUT2D eigenvalue weighted by molar-refractivity contribution is 5.78. The van der Waals surface area contributed by atoms with Gasteiger partial charge in [0.15, 0.2) is 0 Å². The second-order valence-electron chi connectivity index (χ2n) is 5.71. The zero-order valence-corrected chi connectivity index (χ0v) is 11.8. The molecular formula is C14H28N2O2. The van der Waals surface area contributed by atoms with Crippen molar-refractivity contribution in [3.8, 4) is 0 Å². The molecule has 0 radical (unpaired) electrons. The molecule has 0 aromatic rings. The van der Waals surface area contributed by atoms with Gasteiger partial charge in [0, 0.05) is 19.6 Å². The zero-order valence-electron chi connectivity index (χ0n) is 11.8. The summed E-state index contributed by atoms with van der Waals surface area (Å²) in [5, 5.41) is 12.8. The molecule has 1 aliphatic heterocycles. The highest BCUT2D eigenvalue weighted by Crippen LogP contribution is 2.09. The maximum absolute atomic E-state index is 11.9. The van der Waals surface area contributed by atoms with Crippen LogP contribution in [0, 0.1) is 5.92 Å². The lowest BCUT2D eigenvalue weighted by atomic mass is 10.1. The van der Waals surface area contributed by atoms with Gasteiger partial charge in [-0.15, -0.1) is 0 Å². The van der Waals surface area contributed by atoms with Crippen LogP contribution in [0.15, 0.2) is 0 Å². The van der Waals surface area contributed by atoms with Gasteiger partial charge in [0.05, 0.1) is 12.6 Å². The third-order valence-electron chi connectivity index (χ3n) is 3.36. The topological polar surface area (TPSA) is 52.6 Å². The Morgan fingerprint density at radius 2 is 1.83 bits per heavy atom. The molecular weight excluding hydrogens is 228 g/mol. The van der Waals surface area contributed by atoms with Crippen molar-refractivity contribution in [1.82, 2.24) is 10.2 Å². The van der Waals surface area contributed by atoms with Crippen molar-refractivity contribution >= 4 is 5.91 Å². The van der Waals surface area contributed by atoms with Gasteiger partial charge in [0.25, 0.3) is 0 Å². The van der Waals surface area contributed by atoms with Crippen molar-refractivity contribution in [1.29, 1.82) is 0 Å². The fourth-order valence-electron chi connectivity index (χ4n) is 2.41. The van der Waals surface area contributed by atoms with Crippen molar-refractivity contribution in [3.63, 3.8) is 0 Å². The van der Waals surface area contributed by atoms with Crippen molar-refractivity contribution in [2.75, 3.05) is 26.2 Å². The summed E-state index contributed by atoms with van der Waals surface area (Å²) < 4.78 is 0. The third kappa shape index (κ3) is 6.36. The van der Waals surface area contributed by atoms with Crippen LogP contribution in [0.2, 0.25) is 0 Å². The zero-order chi connectivity index (χ0) is 13.4. The number of likely N-dealkylation sites (tertiary alicyclic amines) is 1. The predicted molar refractivity (Wildman–Crippen MR) is 73.4 cm³/mol. The number of carbonyl (C=O) groups excluding carboxylic acids is 1. The van der Waals surface area contributed by atoms with Gasteiger partial charge in [-0.1, -0.05) is 26.7 Å². The first-order valence-corrected chi connectivity index (χ1v) is 7.26. The minimum absolute atomic E-state index is 0.175. The number of aliphatic hydroxyl groups is 1. The first-order valence-electron chi connectivity index (χ1n) is 7.26. The minimum atomic E-state index is -0.345. The lowest BCUT2D eigenvalue weighted by molar-refractivity contribution is -0.130. The van der Waals surface area contributed by atoms with E-state index in [4.69, 9.17) is 0 Å². The predicted octanol–water partition coefficient (Wildman–Crippen LogP) is 1.39. The first kappa shape index (κ1) is 15.4. The van der Waals surface area contributed by atoms with Crippen LogP contribution in [-0.4, -0.2) is 48.2 Å². The van der Waals surface area contributed by atoms with Gasteiger partial charge in [-0.2, -0.15) is 0 Å². The Kier molecular flexibility index (Phi) is 7.28. The molecule has 0 bridgehead atoms. The first-order chi connectivity index (χ1) is 8.59. The molecule has 1 amide bonds. The Morgan fingerprint density at radius 1 is 1.22 bits per heavy atom. The van der Waals surface area contributed by atoms with Crippen LogP contribution in [0.3, 0.4) is 0 Å². The molecule has 1 aliphatic rings. The van der Waals surface area contributed by atoms with Gasteiger partial charge in [-0.25, -0.2) is 0 Å². The summed E-state index contributed by atoms with van der Waals surface area (Å²) in [4.78, 5) is 13.9. The van der Waals surface area contributed by atoms with Crippen LogP contribution in [0.25, 0.3) is 0 Å². The third-order valence-corrected chi connectivity index (χ3v) is 3.36. The van der Waals surface area contributed by atoms with Gasteiger partial charge in [-0.05, 0) is 25.2 Å². The lowest BCUT2D eigenvalue weighted by Gasteiger charge is -2.21. The average Bonchev–Trinajstić information content (AvgIpc) is 2.56. The Hall–Kier alpha value is -0.610. The average molecular weight is 256 g/mol. The summed E-state index contributed by atoms with van der Waals surface area (Å²) in [6.07, 6.45) is 5.17. The number of rotatable bonds is 6. The summed E-state index contributed by atoms with van der Waals surface area (Å²) in [5.74, 6) is 0.664. The number of nitrogens with zero attached hydrogens (tertiary/aromatic N) is 1. The van der Waals surface area contributed by atoms with Crippen molar-refractivity contribution in [3.05, 3.63) is 0 Å². The van der Waals surface area contributed by atoms with Gasteiger partial charge >= 0.3 is 0 Å². The van der Waals surface area contributed by atoms with Crippen molar-refractivity contribution in [2.24, 2.45) is 5.92 Å². The van der Waals surface area contributed by atoms with E-state index in [1.165, 1.54) is 12.8 Å². The Balaban J connectivity index is 2.15. The lowest BCUT2D eigenvalue weighted by Crippen LogP contribution is -2.40. The molecule has 0 saturated carbocycles. The molecule has 4 nitrogen and oxygen atoms in total. The van der Waals surface area contributed by atoms with Crippen molar-refractivity contribution in [2.45, 2.75) is 52.1 Å². The number of hydrogen-bond acceptors (Lipinski definition) is 3. The van der Waals surface area contributed by atoms with E-state index in [2.05, 4.69) is 19.2 Å². The highest BCUT2D eigenvalue weighted by atomic mass is 16.3. The molecule has 2 N–H and O–H groups in total. The second kappa shape index (κ2) is 8.48. The number of amides is 1. The molecule has 18 heavy (non-hydrogen) atoms. The summed E-state index contributed by atoms with van der Waals surface area (Å²) in [7, 11) is 0. The van der Waals surface area contributed by atoms with E-state index in [9.17, 15) is 9.90 Å². The normalized spacial score (nSPS) is 18.8. The molecule has 0 aromatic heterocycles. The van der Waals surface area contributed by atoms with E-state index in [0.717, 1.165) is 32.4 Å². The largest absolute Gasteiger partial charge is 0.392 e. The van der Waals surface area contributed by atoms with E-state index in [1.54, 1.807) is 0 Å². The van der Waals surface area contributed by atoms with E-state index in [0.29, 0.717) is 19.0 Å². The number of carbonyl (C=O) groups is 1. The number of aliphatic hydroxyl groups excluding tert-OH is 1. The highest BCUT2D eigenvalue weighted by Gasteiger charge is 2.15. The smallest absolute Gasteiger partial charge is 0.236 e. The molecule has 1 heterocycles.